The molecule has 0 N–H and O–H groups in total. The summed E-state index contributed by atoms with van der Waals surface area (Å²) < 4.78 is 12.0. The zero-order chi connectivity index (χ0) is 36.2. The molecule has 4 unspecified atom stereocenters. The maximum atomic E-state index is 13.8. The standard InChI is InChI=1S/C45H57N3O4/c1-32(38-18-10-11-20-40(38)44(50)51-31-33-13-6-5-7-14-33)48-24-22-35-16-12-17-36(27-34-21-23-46(28-34)25-26-52-45(2,3)4)42(35)41(48)30-47-29-37-15-8-9-19-39(37)43(47)49/h5-9,12-17,19,34,38,40-41H,1,10-11,18,20-31H2,2-4H3. The summed E-state index contributed by atoms with van der Waals surface area (Å²) in [5.41, 5.74) is 7.96. The van der Waals surface area contributed by atoms with E-state index in [1.54, 1.807) is 0 Å². The first-order valence-electron chi connectivity index (χ1n) is 19.6. The number of hydrogen-bond acceptors (Lipinski definition) is 6. The van der Waals surface area contributed by atoms with Gasteiger partial charge < -0.3 is 24.2 Å². The third-order valence-electron chi connectivity index (χ3n) is 11.8. The molecule has 2 fully saturated rings. The van der Waals surface area contributed by atoms with Gasteiger partial charge in [-0.3, -0.25) is 9.59 Å². The van der Waals surface area contributed by atoms with Crippen LogP contribution in [0.5, 0.6) is 0 Å². The zero-order valence-electron chi connectivity index (χ0n) is 31.5. The van der Waals surface area contributed by atoms with E-state index in [9.17, 15) is 9.59 Å². The van der Waals surface area contributed by atoms with E-state index < -0.39 is 0 Å². The number of allylic oxidation sites excluding steroid dienone is 1. The summed E-state index contributed by atoms with van der Waals surface area (Å²) in [6.07, 6.45) is 6.95. The molecule has 0 spiro atoms. The van der Waals surface area contributed by atoms with Crippen molar-refractivity contribution >= 4 is 11.9 Å². The summed E-state index contributed by atoms with van der Waals surface area (Å²) in [5, 5.41) is 0. The molecule has 4 aliphatic rings. The van der Waals surface area contributed by atoms with Crippen molar-refractivity contribution in [2.45, 2.75) is 90.5 Å². The molecule has 7 nitrogen and oxygen atoms in total. The van der Waals surface area contributed by atoms with Crippen LogP contribution < -0.4 is 0 Å². The Morgan fingerprint density at radius 3 is 2.42 bits per heavy atom. The number of amides is 1. The Morgan fingerprint density at radius 2 is 1.63 bits per heavy atom. The smallest absolute Gasteiger partial charge is 0.309 e. The number of carbonyl (C=O) groups is 2. The third-order valence-corrected chi connectivity index (χ3v) is 11.8. The molecule has 0 aromatic heterocycles. The summed E-state index contributed by atoms with van der Waals surface area (Å²) >= 11 is 0. The minimum absolute atomic E-state index is 0.0124. The summed E-state index contributed by atoms with van der Waals surface area (Å²) in [6.45, 7) is 17.4. The first-order valence-corrected chi connectivity index (χ1v) is 19.6. The van der Waals surface area contributed by atoms with Gasteiger partial charge in [0, 0.05) is 49.9 Å². The number of nitrogens with zero attached hydrogens (tertiary/aromatic N) is 3. The van der Waals surface area contributed by atoms with Gasteiger partial charge in [-0.1, -0.05) is 86.2 Å². The topological polar surface area (TPSA) is 62.3 Å². The van der Waals surface area contributed by atoms with Crippen molar-refractivity contribution in [2.24, 2.45) is 17.8 Å². The van der Waals surface area contributed by atoms with E-state index in [0.29, 0.717) is 19.0 Å². The number of fused-ring (bicyclic) bond motifs is 2. The van der Waals surface area contributed by atoms with Crippen molar-refractivity contribution < 1.29 is 19.1 Å². The monoisotopic (exact) mass is 703 g/mol. The van der Waals surface area contributed by atoms with Crippen LogP contribution in [0.15, 0.2) is 85.1 Å². The average Bonchev–Trinajstić information content (AvgIpc) is 3.73. The minimum atomic E-state index is -0.216. The van der Waals surface area contributed by atoms with Crippen LogP contribution in [0.25, 0.3) is 0 Å². The van der Waals surface area contributed by atoms with Crippen LogP contribution in [0.3, 0.4) is 0 Å². The summed E-state index contributed by atoms with van der Waals surface area (Å²) in [5.74, 6) is 0.355. The van der Waals surface area contributed by atoms with Gasteiger partial charge in [0.15, 0.2) is 0 Å². The summed E-state index contributed by atoms with van der Waals surface area (Å²) in [7, 11) is 0. The predicted molar refractivity (Wildman–Crippen MR) is 206 cm³/mol. The Balaban J connectivity index is 1.13. The normalized spacial score (nSPS) is 23.4. The van der Waals surface area contributed by atoms with E-state index in [1.165, 1.54) is 23.1 Å². The van der Waals surface area contributed by atoms with Crippen molar-refractivity contribution in [3.05, 3.63) is 118 Å². The highest BCUT2D eigenvalue weighted by Crippen LogP contribution is 2.44. The predicted octanol–water partition coefficient (Wildman–Crippen LogP) is 7.98. The Labute approximate surface area is 311 Å². The molecule has 3 heterocycles. The molecule has 7 heteroatoms. The third kappa shape index (κ3) is 8.31. The van der Waals surface area contributed by atoms with Crippen LogP contribution in [-0.4, -0.2) is 71.5 Å². The van der Waals surface area contributed by atoms with Gasteiger partial charge in [-0.05, 0) is 99.2 Å². The lowest BCUT2D eigenvalue weighted by Crippen LogP contribution is -2.45. The minimum Gasteiger partial charge on any atom is -0.461 e. The van der Waals surface area contributed by atoms with Gasteiger partial charge in [-0.25, -0.2) is 0 Å². The van der Waals surface area contributed by atoms with Crippen molar-refractivity contribution in [1.29, 1.82) is 0 Å². The van der Waals surface area contributed by atoms with Crippen LogP contribution in [0, 0.1) is 17.8 Å². The number of likely N-dealkylation sites (tertiary alicyclic amines) is 1. The Kier molecular flexibility index (Phi) is 11.2. The van der Waals surface area contributed by atoms with E-state index in [4.69, 9.17) is 16.1 Å². The largest absolute Gasteiger partial charge is 0.461 e. The number of carbonyl (C=O) groups excluding carboxylic acids is 2. The average molecular weight is 704 g/mol. The van der Waals surface area contributed by atoms with Crippen LogP contribution in [-0.2, 0) is 40.3 Å². The van der Waals surface area contributed by atoms with Crippen molar-refractivity contribution in [2.75, 3.05) is 39.3 Å². The van der Waals surface area contributed by atoms with Crippen molar-refractivity contribution in [3.8, 4) is 0 Å². The fraction of sp³-hybridized carbons (Fsp3) is 0.511. The lowest BCUT2D eigenvalue weighted by atomic mass is 9.76. The van der Waals surface area contributed by atoms with Crippen LogP contribution in [0.1, 0.15) is 97.1 Å². The van der Waals surface area contributed by atoms with Gasteiger partial charge in [0.25, 0.3) is 5.91 Å². The molecule has 1 saturated carbocycles. The molecule has 1 amide bonds. The maximum Gasteiger partial charge on any atom is 0.309 e. The first kappa shape index (κ1) is 36.4. The second-order valence-corrected chi connectivity index (χ2v) is 16.5. The van der Waals surface area contributed by atoms with Gasteiger partial charge >= 0.3 is 5.97 Å². The lowest BCUT2D eigenvalue weighted by molar-refractivity contribution is -0.153. The highest BCUT2D eigenvalue weighted by atomic mass is 16.5. The van der Waals surface area contributed by atoms with E-state index in [0.717, 1.165) is 93.7 Å². The molecule has 276 valence electrons. The van der Waals surface area contributed by atoms with Crippen LogP contribution >= 0.6 is 0 Å². The summed E-state index contributed by atoms with van der Waals surface area (Å²) in [4.78, 5) is 34.7. The molecule has 1 aliphatic carbocycles. The van der Waals surface area contributed by atoms with Gasteiger partial charge in [-0.15, -0.1) is 0 Å². The molecule has 7 rings (SSSR count). The molecule has 0 radical (unpaired) electrons. The van der Waals surface area contributed by atoms with E-state index in [2.05, 4.69) is 54.8 Å². The van der Waals surface area contributed by atoms with E-state index in [-0.39, 0.29) is 42.0 Å². The molecule has 1 saturated heterocycles. The van der Waals surface area contributed by atoms with Crippen LogP contribution in [0.4, 0.5) is 0 Å². The fourth-order valence-corrected chi connectivity index (χ4v) is 9.18. The zero-order valence-corrected chi connectivity index (χ0v) is 31.5. The molecular weight excluding hydrogens is 647 g/mol. The highest BCUT2D eigenvalue weighted by molar-refractivity contribution is 5.98. The quantitative estimate of drug-likeness (QED) is 0.178. The van der Waals surface area contributed by atoms with Crippen LogP contribution in [0.2, 0.25) is 0 Å². The van der Waals surface area contributed by atoms with Gasteiger partial charge in [0.1, 0.15) is 6.61 Å². The Hall–Kier alpha value is -3.94. The lowest BCUT2D eigenvalue weighted by Gasteiger charge is -2.46. The molecule has 52 heavy (non-hydrogen) atoms. The van der Waals surface area contributed by atoms with Crippen molar-refractivity contribution in [3.63, 3.8) is 0 Å². The van der Waals surface area contributed by atoms with E-state index in [1.807, 2.05) is 53.4 Å². The first-order chi connectivity index (χ1) is 25.1. The molecule has 3 aliphatic heterocycles. The van der Waals surface area contributed by atoms with E-state index >= 15 is 0 Å². The molecule has 0 bridgehead atoms. The van der Waals surface area contributed by atoms with Gasteiger partial charge in [0.2, 0.25) is 0 Å². The Morgan fingerprint density at radius 1 is 0.885 bits per heavy atom. The number of rotatable bonds is 12. The second-order valence-electron chi connectivity index (χ2n) is 16.5. The SMILES string of the molecule is C=C(C1CCCCC1C(=O)OCc1ccccc1)N1CCc2cccc(CC3CCN(CCOC(C)(C)C)C3)c2C1CN1Cc2ccccc2C1=O. The molecule has 3 aromatic carbocycles. The number of benzene rings is 3. The maximum absolute atomic E-state index is 13.8. The van der Waals surface area contributed by atoms with Gasteiger partial charge in [-0.2, -0.15) is 0 Å². The van der Waals surface area contributed by atoms with Gasteiger partial charge in [0.05, 0.1) is 24.2 Å². The number of ether oxygens (including phenoxy) is 2. The molecule has 4 atom stereocenters. The second kappa shape index (κ2) is 16.0. The Bertz CT molecular complexity index is 1730. The number of hydrogen-bond donors (Lipinski definition) is 0. The summed E-state index contributed by atoms with van der Waals surface area (Å²) in [6, 6.07) is 24.8. The van der Waals surface area contributed by atoms with Crippen molar-refractivity contribution in [1.82, 2.24) is 14.7 Å². The number of esters is 1. The highest BCUT2D eigenvalue weighted by Gasteiger charge is 2.41. The molecule has 3 aromatic rings. The fourth-order valence-electron chi connectivity index (χ4n) is 9.18. The molecular formula is C45H57N3O4.